The van der Waals surface area contributed by atoms with Gasteiger partial charge >= 0.3 is 0 Å². The summed E-state index contributed by atoms with van der Waals surface area (Å²) in [5, 5.41) is 5.95. The Morgan fingerprint density at radius 3 is 3.00 bits per heavy atom. The van der Waals surface area contributed by atoms with Crippen LogP contribution in [0.2, 0.25) is 0 Å². The van der Waals surface area contributed by atoms with Crippen molar-refractivity contribution in [3.8, 4) is 0 Å². The molecule has 0 radical (unpaired) electrons. The molecule has 0 bridgehead atoms. The Morgan fingerprint density at radius 1 is 1.38 bits per heavy atom. The molecule has 0 aliphatic carbocycles. The fraction of sp³-hybridized carbons (Fsp3) is 0.333. The molecule has 0 aromatic carbocycles. The molecule has 2 aromatic heterocycles. The molecule has 0 saturated carbocycles. The third-order valence-corrected chi connectivity index (χ3v) is 3.28. The molecular formula is C15H17N3O3. The van der Waals surface area contributed by atoms with Gasteiger partial charge in [-0.15, -0.1) is 0 Å². The van der Waals surface area contributed by atoms with Crippen molar-refractivity contribution in [1.29, 1.82) is 0 Å². The second-order valence-corrected chi connectivity index (χ2v) is 4.86. The molecule has 0 spiro atoms. The average molecular weight is 287 g/mol. The largest absolute Gasteiger partial charge is 0.467 e. The normalized spacial score (nSPS) is 17.6. The minimum absolute atomic E-state index is 0.106. The summed E-state index contributed by atoms with van der Waals surface area (Å²) < 4.78 is 10.6. The van der Waals surface area contributed by atoms with Crippen LogP contribution in [0, 0.1) is 0 Å². The quantitative estimate of drug-likeness (QED) is 0.883. The number of furan rings is 1. The Kier molecular flexibility index (Phi) is 4.16. The molecule has 2 N–H and O–H groups in total. The van der Waals surface area contributed by atoms with E-state index >= 15 is 0 Å². The van der Waals surface area contributed by atoms with E-state index in [0.29, 0.717) is 18.8 Å². The lowest BCUT2D eigenvalue weighted by molar-refractivity contribution is -0.124. The highest BCUT2D eigenvalue weighted by Gasteiger charge is 2.23. The van der Waals surface area contributed by atoms with Gasteiger partial charge < -0.3 is 19.8 Å². The molecule has 6 nitrogen and oxygen atoms in total. The lowest BCUT2D eigenvalue weighted by atomic mass is 10.2. The van der Waals surface area contributed by atoms with Crippen molar-refractivity contribution >= 4 is 17.4 Å². The first-order valence-electron chi connectivity index (χ1n) is 6.96. The molecule has 110 valence electrons. The van der Waals surface area contributed by atoms with Gasteiger partial charge in [0.15, 0.2) is 0 Å². The van der Waals surface area contributed by atoms with Gasteiger partial charge in [-0.2, -0.15) is 0 Å². The van der Waals surface area contributed by atoms with E-state index in [1.807, 2.05) is 24.3 Å². The van der Waals surface area contributed by atoms with Gasteiger partial charge in [0.25, 0.3) is 5.91 Å². The summed E-state index contributed by atoms with van der Waals surface area (Å²) in [7, 11) is 0. The molecule has 3 rings (SSSR count). The number of anilines is 2. The number of carbonyl (C=O) groups excluding carboxylic acids is 1. The standard InChI is InChI=1S/C15H17N3O3/c19-15(13-4-2-8-21-13)18-11-5-6-14(16-9-11)17-10-12-3-1-7-20-12/h1,3,5-7,9,13H,2,4,8,10H2,(H,16,17)(H,18,19). The van der Waals surface area contributed by atoms with E-state index in [9.17, 15) is 4.79 Å². The average Bonchev–Trinajstić information content (AvgIpc) is 3.20. The number of ether oxygens (including phenoxy) is 1. The van der Waals surface area contributed by atoms with Crippen molar-refractivity contribution in [1.82, 2.24) is 4.98 Å². The molecule has 21 heavy (non-hydrogen) atoms. The van der Waals surface area contributed by atoms with Crippen LogP contribution in [-0.4, -0.2) is 23.6 Å². The first-order chi connectivity index (χ1) is 10.3. The summed E-state index contributed by atoms with van der Waals surface area (Å²) in [5.41, 5.74) is 0.666. The molecule has 1 unspecified atom stereocenters. The Balaban J connectivity index is 1.52. The first kappa shape index (κ1) is 13.6. The van der Waals surface area contributed by atoms with Gasteiger partial charge in [0.2, 0.25) is 0 Å². The number of rotatable bonds is 5. The lowest BCUT2D eigenvalue weighted by Gasteiger charge is -2.10. The zero-order valence-corrected chi connectivity index (χ0v) is 11.5. The summed E-state index contributed by atoms with van der Waals surface area (Å²) >= 11 is 0. The van der Waals surface area contributed by atoms with E-state index in [1.165, 1.54) is 0 Å². The molecule has 3 heterocycles. The molecular weight excluding hydrogens is 270 g/mol. The van der Waals surface area contributed by atoms with Crippen molar-refractivity contribution in [3.05, 3.63) is 42.5 Å². The summed E-state index contributed by atoms with van der Waals surface area (Å²) in [4.78, 5) is 16.1. The minimum atomic E-state index is -0.332. The van der Waals surface area contributed by atoms with Gasteiger partial charge in [0.05, 0.1) is 24.7 Å². The van der Waals surface area contributed by atoms with Crippen LogP contribution in [0.15, 0.2) is 41.1 Å². The summed E-state index contributed by atoms with van der Waals surface area (Å²) in [6, 6.07) is 7.36. The molecule has 1 saturated heterocycles. The van der Waals surface area contributed by atoms with E-state index < -0.39 is 0 Å². The number of hydrogen-bond donors (Lipinski definition) is 2. The number of pyridine rings is 1. The highest BCUT2D eigenvalue weighted by atomic mass is 16.5. The third-order valence-electron chi connectivity index (χ3n) is 3.28. The SMILES string of the molecule is O=C(Nc1ccc(NCc2ccco2)nc1)C1CCCO1. The number of nitrogens with one attached hydrogen (secondary N) is 2. The molecule has 1 aliphatic rings. The predicted octanol–water partition coefficient (Wildman–Crippen LogP) is 2.40. The van der Waals surface area contributed by atoms with Crippen molar-refractivity contribution < 1.29 is 13.9 Å². The summed E-state index contributed by atoms with van der Waals surface area (Å²) in [5.74, 6) is 1.46. The number of aromatic nitrogens is 1. The zero-order chi connectivity index (χ0) is 14.5. The molecule has 2 aromatic rings. The van der Waals surface area contributed by atoms with Gasteiger partial charge in [0, 0.05) is 6.61 Å². The third kappa shape index (κ3) is 3.61. The van der Waals surface area contributed by atoms with Crippen LogP contribution < -0.4 is 10.6 Å². The number of hydrogen-bond acceptors (Lipinski definition) is 5. The highest BCUT2D eigenvalue weighted by molar-refractivity contribution is 5.94. The van der Waals surface area contributed by atoms with E-state index in [1.54, 1.807) is 12.5 Å². The van der Waals surface area contributed by atoms with Crippen molar-refractivity contribution in [2.24, 2.45) is 0 Å². The van der Waals surface area contributed by atoms with Gasteiger partial charge in [-0.3, -0.25) is 4.79 Å². The number of nitrogens with zero attached hydrogens (tertiary/aromatic N) is 1. The van der Waals surface area contributed by atoms with Gasteiger partial charge in [-0.25, -0.2) is 4.98 Å². The van der Waals surface area contributed by atoms with E-state index in [-0.39, 0.29) is 12.0 Å². The minimum Gasteiger partial charge on any atom is -0.467 e. The Bertz CT molecular complexity index is 575. The maximum Gasteiger partial charge on any atom is 0.253 e. The van der Waals surface area contributed by atoms with Crippen molar-refractivity contribution in [3.63, 3.8) is 0 Å². The summed E-state index contributed by atoms with van der Waals surface area (Å²) in [6.07, 6.45) is 4.64. The van der Waals surface area contributed by atoms with Gasteiger partial charge in [-0.1, -0.05) is 0 Å². The molecule has 1 fully saturated rings. The Hall–Kier alpha value is -2.34. The fourth-order valence-corrected chi connectivity index (χ4v) is 2.17. The van der Waals surface area contributed by atoms with Crippen molar-refractivity contribution in [2.75, 3.05) is 17.2 Å². The monoisotopic (exact) mass is 287 g/mol. The van der Waals surface area contributed by atoms with Crippen molar-refractivity contribution in [2.45, 2.75) is 25.5 Å². The van der Waals surface area contributed by atoms with E-state index in [2.05, 4.69) is 15.6 Å². The smallest absolute Gasteiger partial charge is 0.253 e. The lowest BCUT2D eigenvalue weighted by Crippen LogP contribution is -2.26. The summed E-state index contributed by atoms with van der Waals surface area (Å²) in [6.45, 7) is 1.23. The van der Waals surface area contributed by atoms with Crippen LogP contribution in [0.25, 0.3) is 0 Å². The fourth-order valence-electron chi connectivity index (χ4n) is 2.17. The highest BCUT2D eigenvalue weighted by Crippen LogP contribution is 2.16. The van der Waals surface area contributed by atoms with Crippen LogP contribution >= 0.6 is 0 Å². The Morgan fingerprint density at radius 2 is 2.33 bits per heavy atom. The second-order valence-electron chi connectivity index (χ2n) is 4.86. The van der Waals surface area contributed by atoms with Crippen LogP contribution in [0.4, 0.5) is 11.5 Å². The molecule has 1 aliphatic heterocycles. The maximum absolute atomic E-state index is 11.9. The number of carbonyl (C=O) groups is 1. The second kappa shape index (κ2) is 6.41. The van der Waals surface area contributed by atoms with Gasteiger partial charge in [-0.05, 0) is 37.1 Å². The van der Waals surface area contributed by atoms with E-state index in [4.69, 9.17) is 9.15 Å². The zero-order valence-electron chi connectivity index (χ0n) is 11.5. The van der Waals surface area contributed by atoms with Crippen LogP contribution in [0.5, 0.6) is 0 Å². The molecule has 1 amide bonds. The topological polar surface area (TPSA) is 76.4 Å². The van der Waals surface area contributed by atoms with Crippen LogP contribution in [0.1, 0.15) is 18.6 Å². The van der Waals surface area contributed by atoms with Crippen LogP contribution in [0.3, 0.4) is 0 Å². The Labute approximate surface area is 122 Å². The number of amides is 1. The molecule has 1 atom stereocenters. The van der Waals surface area contributed by atoms with Gasteiger partial charge in [0.1, 0.15) is 17.7 Å². The first-order valence-corrected chi connectivity index (χ1v) is 6.96. The molecule has 6 heteroatoms. The van der Waals surface area contributed by atoms with E-state index in [0.717, 1.165) is 24.4 Å². The van der Waals surface area contributed by atoms with Crippen LogP contribution in [-0.2, 0) is 16.1 Å². The maximum atomic E-state index is 11.9. The predicted molar refractivity (Wildman–Crippen MR) is 77.9 cm³/mol.